The summed E-state index contributed by atoms with van der Waals surface area (Å²) >= 11 is 7.66. The zero-order valence-electron chi connectivity index (χ0n) is 11.1. The first-order valence-corrected chi connectivity index (χ1v) is 7.98. The number of thiophene rings is 1. The van der Waals surface area contributed by atoms with Crippen molar-refractivity contribution in [3.8, 4) is 0 Å². The monoisotopic (exact) mass is 308 g/mol. The van der Waals surface area contributed by atoms with E-state index in [9.17, 15) is 0 Å². The molecule has 0 aliphatic carbocycles. The normalized spacial score (nSPS) is 19.9. The standard InChI is InChI=1S/C14H17ClN4S/c15-13-4-3-12(20-13)9-19-7-1-2-11(8-19)18-14-5-6-16-10-17-14/h3-6,10-11H,1-2,7-9H2,(H,16,17,18). The van der Waals surface area contributed by atoms with Crippen molar-refractivity contribution in [3.63, 3.8) is 0 Å². The summed E-state index contributed by atoms with van der Waals surface area (Å²) < 4.78 is 0.868. The third-order valence-electron chi connectivity index (χ3n) is 3.45. The molecule has 2 aromatic heterocycles. The van der Waals surface area contributed by atoms with Gasteiger partial charge in [0.25, 0.3) is 0 Å². The van der Waals surface area contributed by atoms with Crippen LogP contribution in [0.2, 0.25) is 4.34 Å². The van der Waals surface area contributed by atoms with E-state index in [0.717, 1.165) is 29.8 Å². The fourth-order valence-electron chi connectivity index (χ4n) is 2.56. The molecule has 20 heavy (non-hydrogen) atoms. The molecule has 0 aromatic carbocycles. The van der Waals surface area contributed by atoms with Gasteiger partial charge in [0.05, 0.1) is 4.34 Å². The summed E-state index contributed by atoms with van der Waals surface area (Å²) in [7, 11) is 0. The van der Waals surface area contributed by atoms with Gasteiger partial charge in [-0.15, -0.1) is 11.3 Å². The van der Waals surface area contributed by atoms with Crippen LogP contribution in [0.4, 0.5) is 5.82 Å². The number of piperidine rings is 1. The van der Waals surface area contributed by atoms with Crippen LogP contribution in [0.1, 0.15) is 17.7 Å². The van der Waals surface area contributed by atoms with Crippen molar-refractivity contribution in [2.24, 2.45) is 0 Å². The van der Waals surface area contributed by atoms with Crippen molar-refractivity contribution in [2.45, 2.75) is 25.4 Å². The molecule has 0 saturated carbocycles. The lowest BCUT2D eigenvalue weighted by molar-refractivity contribution is 0.210. The van der Waals surface area contributed by atoms with Crippen molar-refractivity contribution in [2.75, 3.05) is 18.4 Å². The molecule has 106 valence electrons. The van der Waals surface area contributed by atoms with Gasteiger partial charge in [-0.05, 0) is 37.6 Å². The average Bonchev–Trinajstić information content (AvgIpc) is 2.86. The van der Waals surface area contributed by atoms with Gasteiger partial charge in [-0.2, -0.15) is 0 Å². The second-order valence-electron chi connectivity index (χ2n) is 5.02. The molecule has 1 saturated heterocycles. The van der Waals surface area contributed by atoms with Crippen LogP contribution in [0.25, 0.3) is 0 Å². The predicted molar refractivity (Wildman–Crippen MR) is 83.3 cm³/mol. The molecule has 6 heteroatoms. The maximum absolute atomic E-state index is 5.99. The molecule has 2 aromatic rings. The Labute approximate surface area is 127 Å². The van der Waals surface area contributed by atoms with Crippen molar-refractivity contribution in [1.29, 1.82) is 0 Å². The number of hydrogen-bond donors (Lipinski definition) is 1. The van der Waals surface area contributed by atoms with Crippen LogP contribution in [0.5, 0.6) is 0 Å². The summed E-state index contributed by atoms with van der Waals surface area (Å²) in [5, 5.41) is 3.49. The number of anilines is 1. The van der Waals surface area contributed by atoms with E-state index in [2.05, 4.69) is 26.3 Å². The fraction of sp³-hybridized carbons (Fsp3) is 0.429. The van der Waals surface area contributed by atoms with Gasteiger partial charge in [-0.3, -0.25) is 4.90 Å². The highest BCUT2D eigenvalue weighted by molar-refractivity contribution is 7.16. The number of likely N-dealkylation sites (tertiary alicyclic amines) is 1. The minimum atomic E-state index is 0.453. The molecule has 1 atom stereocenters. The van der Waals surface area contributed by atoms with Crippen LogP contribution in [0.3, 0.4) is 0 Å². The summed E-state index contributed by atoms with van der Waals surface area (Å²) in [5.41, 5.74) is 0. The molecule has 0 radical (unpaired) electrons. The molecule has 0 spiro atoms. The average molecular weight is 309 g/mol. The highest BCUT2D eigenvalue weighted by Crippen LogP contribution is 2.24. The van der Waals surface area contributed by atoms with Crippen LogP contribution in [0, 0.1) is 0 Å². The van der Waals surface area contributed by atoms with Gasteiger partial charge in [0.15, 0.2) is 0 Å². The van der Waals surface area contributed by atoms with Gasteiger partial charge >= 0.3 is 0 Å². The van der Waals surface area contributed by atoms with Gasteiger partial charge < -0.3 is 5.32 Å². The SMILES string of the molecule is Clc1ccc(CN2CCCC(Nc3ccncn3)C2)s1. The van der Waals surface area contributed by atoms with Crippen molar-refractivity contribution in [1.82, 2.24) is 14.9 Å². The van der Waals surface area contributed by atoms with Gasteiger partial charge in [-0.25, -0.2) is 9.97 Å². The number of aromatic nitrogens is 2. The first-order chi connectivity index (χ1) is 9.79. The highest BCUT2D eigenvalue weighted by atomic mass is 35.5. The third kappa shape index (κ3) is 3.69. The molecule has 1 aliphatic rings. The Kier molecular flexibility index (Phi) is 4.50. The van der Waals surface area contributed by atoms with Crippen molar-refractivity contribution >= 4 is 28.8 Å². The largest absolute Gasteiger partial charge is 0.366 e. The number of nitrogens with zero attached hydrogens (tertiary/aromatic N) is 3. The van der Waals surface area contributed by atoms with Gasteiger partial charge in [-0.1, -0.05) is 11.6 Å². The molecule has 0 bridgehead atoms. The Bertz CT molecular complexity index is 545. The Morgan fingerprint density at radius 3 is 3.10 bits per heavy atom. The van der Waals surface area contributed by atoms with Crippen molar-refractivity contribution in [3.05, 3.63) is 39.9 Å². The molecule has 0 amide bonds. The quantitative estimate of drug-likeness (QED) is 0.941. The first-order valence-electron chi connectivity index (χ1n) is 6.79. The molecule has 1 unspecified atom stereocenters. The second-order valence-corrected chi connectivity index (χ2v) is 6.82. The Morgan fingerprint density at radius 2 is 2.35 bits per heavy atom. The lowest BCUT2D eigenvalue weighted by Crippen LogP contribution is -2.41. The number of hydrogen-bond acceptors (Lipinski definition) is 5. The Balaban J connectivity index is 1.56. The molecule has 4 nitrogen and oxygen atoms in total. The summed E-state index contributed by atoms with van der Waals surface area (Å²) in [6, 6.07) is 6.46. The number of rotatable bonds is 4. The van der Waals surface area contributed by atoms with Crippen LogP contribution >= 0.6 is 22.9 Å². The zero-order chi connectivity index (χ0) is 13.8. The molecule has 3 rings (SSSR count). The lowest BCUT2D eigenvalue weighted by Gasteiger charge is -2.33. The van der Waals surface area contributed by atoms with Crippen LogP contribution in [0.15, 0.2) is 30.7 Å². The van der Waals surface area contributed by atoms with E-state index >= 15 is 0 Å². The topological polar surface area (TPSA) is 41.0 Å². The van der Waals surface area contributed by atoms with Crippen LogP contribution in [-0.2, 0) is 6.54 Å². The summed E-state index contributed by atoms with van der Waals surface area (Å²) in [5.74, 6) is 0.908. The maximum Gasteiger partial charge on any atom is 0.129 e. The van der Waals surface area contributed by atoms with E-state index in [0.29, 0.717) is 6.04 Å². The van der Waals surface area contributed by atoms with E-state index < -0.39 is 0 Å². The van der Waals surface area contributed by atoms with E-state index in [1.165, 1.54) is 17.7 Å². The zero-order valence-corrected chi connectivity index (χ0v) is 12.7. The fourth-order valence-corrected chi connectivity index (χ4v) is 3.69. The number of halogens is 1. The van der Waals surface area contributed by atoms with Crippen molar-refractivity contribution < 1.29 is 0 Å². The highest BCUT2D eigenvalue weighted by Gasteiger charge is 2.20. The predicted octanol–water partition coefficient (Wildman–Crippen LogP) is 3.27. The summed E-state index contributed by atoms with van der Waals surface area (Å²) in [6.45, 7) is 3.18. The van der Waals surface area contributed by atoms with E-state index in [1.54, 1.807) is 23.9 Å². The van der Waals surface area contributed by atoms with Gasteiger partial charge in [0.1, 0.15) is 12.1 Å². The smallest absolute Gasteiger partial charge is 0.129 e. The van der Waals surface area contributed by atoms with E-state index in [4.69, 9.17) is 11.6 Å². The van der Waals surface area contributed by atoms with Crippen LogP contribution < -0.4 is 5.32 Å². The van der Waals surface area contributed by atoms with E-state index in [1.807, 2.05) is 12.1 Å². The third-order valence-corrected chi connectivity index (χ3v) is 4.66. The lowest BCUT2D eigenvalue weighted by atomic mass is 10.1. The second kappa shape index (κ2) is 6.52. The minimum Gasteiger partial charge on any atom is -0.366 e. The molecule has 1 aliphatic heterocycles. The van der Waals surface area contributed by atoms with Crippen LogP contribution in [-0.4, -0.2) is 34.0 Å². The summed E-state index contributed by atoms with van der Waals surface area (Å²) in [4.78, 5) is 12.0. The molecular weight excluding hydrogens is 292 g/mol. The maximum atomic E-state index is 5.99. The minimum absolute atomic E-state index is 0.453. The van der Waals surface area contributed by atoms with Gasteiger partial charge in [0.2, 0.25) is 0 Å². The molecule has 1 fully saturated rings. The molecule has 3 heterocycles. The first kappa shape index (κ1) is 13.8. The summed E-state index contributed by atoms with van der Waals surface area (Å²) in [6.07, 6.45) is 5.74. The van der Waals surface area contributed by atoms with Gasteiger partial charge in [0, 0.05) is 30.2 Å². The molecule has 1 N–H and O–H groups in total. The number of nitrogens with one attached hydrogen (secondary N) is 1. The Morgan fingerprint density at radius 1 is 1.40 bits per heavy atom. The Hall–Kier alpha value is -1.17. The van der Waals surface area contributed by atoms with E-state index in [-0.39, 0.29) is 0 Å². The molecular formula is C14H17ClN4S.